The summed E-state index contributed by atoms with van der Waals surface area (Å²) in [6.07, 6.45) is 3.39. The number of hydrogen-bond donors (Lipinski definition) is 0. The Hall–Kier alpha value is -1.52. The first-order valence-corrected chi connectivity index (χ1v) is 8.66. The predicted octanol–water partition coefficient (Wildman–Crippen LogP) is 3.55. The first kappa shape index (κ1) is 15.0. The normalized spacial score (nSPS) is 23.3. The van der Waals surface area contributed by atoms with Gasteiger partial charge < -0.3 is 9.30 Å². The van der Waals surface area contributed by atoms with Gasteiger partial charge in [-0.15, -0.1) is 0 Å². The lowest BCUT2D eigenvalue weighted by molar-refractivity contribution is -0.143. The van der Waals surface area contributed by atoms with Crippen molar-refractivity contribution in [3.63, 3.8) is 0 Å². The summed E-state index contributed by atoms with van der Waals surface area (Å²) < 4.78 is 7.32. The molecule has 2 aliphatic heterocycles. The van der Waals surface area contributed by atoms with Gasteiger partial charge in [0.1, 0.15) is 6.54 Å². The lowest BCUT2D eigenvalue weighted by Gasteiger charge is -2.32. The van der Waals surface area contributed by atoms with Gasteiger partial charge in [0.15, 0.2) is 0 Å². The maximum absolute atomic E-state index is 12.1. The number of halogens is 1. The van der Waals surface area contributed by atoms with E-state index in [9.17, 15) is 4.79 Å². The van der Waals surface area contributed by atoms with Gasteiger partial charge in [-0.25, -0.2) is 0 Å². The number of benzene rings is 1. The van der Waals surface area contributed by atoms with E-state index in [1.54, 1.807) is 0 Å². The summed E-state index contributed by atoms with van der Waals surface area (Å²) in [4.78, 5) is 14.6. The summed E-state index contributed by atoms with van der Waals surface area (Å²) in [5, 5.41) is 1.94. The van der Waals surface area contributed by atoms with Gasteiger partial charge in [-0.3, -0.25) is 9.69 Å². The second kappa shape index (κ2) is 5.53. The highest BCUT2D eigenvalue weighted by atomic mass is 35.5. The van der Waals surface area contributed by atoms with E-state index in [1.807, 2.05) is 25.1 Å². The van der Waals surface area contributed by atoms with E-state index in [2.05, 4.69) is 16.5 Å². The van der Waals surface area contributed by atoms with E-state index in [4.69, 9.17) is 16.3 Å². The molecular formula is C18H21ClN2O2. The number of hydrogen-bond acceptors (Lipinski definition) is 3. The van der Waals surface area contributed by atoms with E-state index in [0.29, 0.717) is 18.7 Å². The second-order valence-corrected chi connectivity index (χ2v) is 6.97. The van der Waals surface area contributed by atoms with Crippen molar-refractivity contribution in [3.05, 3.63) is 34.5 Å². The molecule has 0 spiro atoms. The van der Waals surface area contributed by atoms with Crippen molar-refractivity contribution in [2.45, 2.75) is 44.8 Å². The number of fused-ring (bicyclic) bond motifs is 6. The molecule has 3 heterocycles. The molecular weight excluding hydrogens is 312 g/mol. The largest absolute Gasteiger partial charge is 0.465 e. The van der Waals surface area contributed by atoms with Crippen LogP contribution in [-0.4, -0.2) is 35.1 Å². The van der Waals surface area contributed by atoms with E-state index in [0.717, 1.165) is 17.0 Å². The summed E-state index contributed by atoms with van der Waals surface area (Å²) in [6, 6.07) is 6.99. The maximum atomic E-state index is 12.1. The van der Waals surface area contributed by atoms with Gasteiger partial charge in [0, 0.05) is 40.1 Å². The van der Waals surface area contributed by atoms with E-state index in [1.165, 1.54) is 29.5 Å². The first-order chi connectivity index (χ1) is 11.1. The molecule has 2 aliphatic rings. The molecule has 4 rings (SSSR count). The van der Waals surface area contributed by atoms with Crippen LogP contribution in [0.15, 0.2) is 18.2 Å². The monoisotopic (exact) mass is 332 g/mol. The Kier molecular flexibility index (Phi) is 3.62. The number of rotatable bonds is 3. The zero-order valence-electron chi connectivity index (χ0n) is 13.5. The Morgan fingerprint density at radius 1 is 1.39 bits per heavy atom. The number of carbonyl (C=O) groups is 1. The molecule has 1 aromatic heterocycles. The van der Waals surface area contributed by atoms with Crippen LogP contribution in [-0.2, 0) is 22.5 Å². The standard InChI is InChI=1S/C18H21ClN2O2/c1-3-23-17(22)10-21-14-6-4-11(19)8-13(14)18-15-7-5-12(20(15)2)9-16(18)21/h4,6,8,12,15H,3,5,7,9-10H2,1-2H3. The molecule has 4 nitrogen and oxygen atoms in total. The highest BCUT2D eigenvalue weighted by Gasteiger charge is 2.40. The van der Waals surface area contributed by atoms with Gasteiger partial charge in [-0.05, 0) is 50.6 Å². The number of esters is 1. The fourth-order valence-corrected chi connectivity index (χ4v) is 4.52. The number of likely N-dealkylation sites (N-methyl/N-ethyl adjacent to an activating group) is 1. The topological polar surface area (TPSA) is 34.5 Å². The maximum Gasteiger partial charge on any atom is 0.325 e. The Labute approximate surface area is 141 Å². The van der Waals surface area contributed by atoms with Gasteiger partial charge >= 0.3 is 5.97 Å². The predicted molar refractivity (Wildman–Crippen MR) is 90.8 cm³/mol. The molecule has 0 saturated carbocycles. The fourth-order valence-electron chi connectivity index (χ4n) is 4.34. The van der Waals surface area contributed by atoms with Crippen molar-refractivity contribution in [3.8, 4) is 0 Å². The molecule has 122 valence electrons. The smallest absolute Gasteiger partial charge is 0.325 e. The van der Waals surface area contributed by atoms with Gasteiger partial charge in [0.05, 0.1) is 6.61 Å². The highest BCUT2D eigenvalue weighted by Crippen LogP contribution is 2.47. The van der Waals surface area contributed by atoms with Crippen LogP contribution >= 0.6 is 11.6 Å². The third-order valence-corrected chi connectivity index (χ3v) is 5.61. The van der Waals surface area contributed by atoms with Crippen molar-refractivity contribution >= 4 is 28.5 Å². The van der Waals surface area contributed by atoms with Crippen LogP contribution in [0.3, 0.4) is 0 Å². The molecule has 0 amide bonds. The SMILES string of the molecule is CCOC(=O)Cn1c2c(c3cc(Cl)ccc31)C1CCC(C2)N1C. The summed E-state index contributed by atoms with van der Waals surface area (Å²) in [5.74, 6) is -0.173. The minimum absolute atomic E-state index is 0.173. The molecule has 2 bridgehead atoms. The zero-order valence-corrected chi connectivity index (χ0v) is 14.3. The summed E-state index contributed by atoms with van der Waals surface area (Å²) in [5.41, 5.74) is 3.75. The van der Waals surface area contributed by atoms with Gasteiger partial charge in [0.2, 0.25) is 0 Å². The lowest BCUT2D eigenvalue weighted by atomic mass is 9.97. The highest BCUT2D eigenvalue weighted by molar-refractivity contribution is 6.31. The Morgan fingerprint density at radius 3 is 3.00 bits per heavy atom. The molecule has 23 heavy (non-hydrogen) atoms. The molecule has 0 aliphatic carbocycles. The molecule has 0 N–H and O–H groups in total. The number of carbonyl (C=O) groups excluding carboxylic acids is 1. The quantitative estimate of drug-likeness (QED) is 0.806. The van der Waals surface area contributed by atoms with E-state index in [-0.39, 0.29) is 12.5 Å². The van der Waals surface area contributed by atoms with E-state index < -0.39 is 0 Å². The molecule has 2 aromatic rings. The van der Waals surface area contributed by atoms with Crippen molar-refractivity contribution in [1.82, 2.24) is 9.47 Å². The van der Waals surface area contributed by atoms with Crippen molar-refractivity contribution < 1.29 is 9.53 Å². The van der Waals surface area contributed by atoms with Crippen LogP contribution < -0.4 is 0 Å². The molecule has 1 fully saturated rings. The molecule has 5 heteroatoms. The van der Waals surface area contributed by atoms with Crippen LogP contribution in [0.25, 0.3) is 10.9 Å². The molecule has 2 atom stereocenters. The van der Waals surface area contributed by atoms with E-state index >= 15 is 0 Å². The second-order valence-electron chi connectivity index (χ2n) is 6.53. The van der Waals surface area contributed by atoms with Crippen LogP contribution in [0.5, 0.6) is 0 Å². The minimum Gasteiger partial charge on any atom is -0.465 e. The minimum atomic E-state index is -0.173. The Morgan fingerprint density at radius 2 is 2.22 bits per heavy atom. The number of aromatic nitrogens is 1. The Balaban J connectivity index is 1.90. The average molecular weight is 333 g/mol. The third-order valence-electron chi connectivity index (χ3n) is 5.37. The summed E-state index contributed by atoms with van der Waals surface area (Å²) >= 11 is 6.25. The number of nitrogens with zero attached hydrogens (tertiary/aromatic N) is 2. The van der Waals surface area contributed by atoms with Gasteiger partial charge in [-0.2, -0.15) is 0 Å². The molecule has 1 aromatic carbocycles. The zero-order chi connectivity index (χ0) is 16.1. The van der Waals surface area contributed by atoms with Crippen molar-refractivity contribution in [2.24, 2.45) is 0 Å². The van der Waals surface area contributed by atoms with Crippen LogP contribution in [0.2, 0.25) is 5.02 Å². The third kappa shape index (κ3) is 2.27. The fraction of sp³-hybridized carbons (Fsp3) is 0.500. The van der Waals surface area contributed by atoms with Crippen LogP contribution in [0.4, 0.5) is 0 Å². The summed E-state index contributed by atoms with van der Waals surface area (Å²) in [7, 11) is 2.21. The lowest BCUT2D eigenvalue weighted by Crippen LogP contribution is -2.35. The van der Waals surface area contributed by atoms with Crippen molar-refractivity contribution in [2.75, 3.05) is 13.7 Å². The first-order valence-electron chi connectivity index (χ1n) is 8.28. The van der Waals surface area contributed by atoms with Gasteiger partial charge in [0.25, 0.3) is 0 Å². The molecule has 0 radical (unpaired) electrons. The molecule has 2 unspecified atom stereocenters. The van der Waals surface area contributed by atoms with Crippen LogP contribution in [0, 0.1) is 0 Å². The summed E-state index contributed by atoms with van der Waals surface area (Å²) in [6.45, 7) is 2.54. The van der Waals surface area contributed by atoms with Crippen LogP contribution in [0.1, 0.15) is 37.1 Å². The Bertz CT molecular complexity index is 783. The average Bonchev–Trinajstić information content (AvgIpc) is 2.91. The number of ether oxygens (including phenoxy) is 1. The van der Waals surface area contributed by atoms with Crippen molar-refractivity contribution in [1.29, 1.82) is 0 Å². The van der Waals surface area contributed by atoms with Gasteiger partial charge in [-0.1, -0.05) is 11.6 Å². The molecule has 1 saturated heterocycles.